The third-order valence-corrected chi connectivity index (χ3v) is 3.42. The van der Waals surface area contributed by atoms with E-state index in [2.05, 4.69) is 20.0 Å². The van der Waals surface area contributed by atoms with Crippen molar-refractivity contribution in [3.05, 3.63) is 58.6 Å². The first-order valence-electron chi connectivity index (χ1n) is 7.56. The minimum atomic E-state index is -0.104. The summed E-state index contributed by atoms with van der Waals surface area (Å²) in [5.74, 6) is -0.208. The fraction of sp³-hybridized carbons (Fsp3) is 0. The molecule has 14 heteroatoms. The van der Waals surface area contributed by atoms with Crippen LogP contribution in [0.1, 0.15) is 0 Å². The maximum atomic E-state index is 8.19. The van der Waals surface area contributed by atoms with E-state index in [4.69, 9.17) is 75.1 Å². The summed E-state index contributed by atoms with van der Waals surface area (Å²) in [6.07, 6.45) is 0. The van der Waals surface area contributed by atoms with Gasteiger partial charge in [0.15, 0.2) is 11.9 Å². The van der Waals surface area contributed by atoms with E-state index in [1.54, 1.807) is 48.5 Å². The Morgan fingerprint density at radius 2 is 0.933 bits per heavy atom. The van der Waals surface area contributed by atoms with Crippen LogP contribution in [-0.4, -0.2) is 22.3 Å². The van der Waals surface area contributed by atoms with Gasteiger partial charge in [0.1, 0.15) is 0 Å². The molecule has 9 nitrogen and oxygen atoms in total. The average molecular weight is 522 g/mol. The Morgan fingerprint density at radius 1 is 0.667 bits per heavy atom. The molecule has 30 heavy (non-hydrogen) atoms. The van der Waals surface area contributed by atoms with E-state index in [-0.39, 0.29) is 22.3 Å². The van der Waals surface area contributed by atoms with Gasteiger partial charge in [-0.2, -0.15) is 0 Å². The Morgan fingerprint density at radius 3 is 1.17 bits per heavy atom. The van der Waals surface area contributed by atoms with Crippen LogP contribution in [0.3, 0.4) is 0 Å². The quantitative estimate of drug-likeness (QED) is 0.266. The molecule has 0 spiro atoms. The van der Waals surface area contributed by atoms with E-state index >= 15 is 0 Å². The van der Waals surface area contributed by atoms with Gasteiger partial charge in [-0.3, -0.25) is 9.98 Å². The van der Waals surface area contributed by atoms with Crippen molar-refractivity contribution in [2.24, 2.45) is 42.9 Å². The van der Waals surface area contributed by atoms with Gasteiger partial charge in [0.05, 0.1) is 11.4 Å². The fourth-order valence-electron chi connectivity index (χ4n) is 1.52. The van der Waals surface area contributed by atoms with Crippen LogP contribution >= 0.6 is 23.2 Å². The van der Waals surface area contributed by atoms with Crippen LogP contribution in [-0.2, 0) is 46.3 Å². The van der Waals surface area contributed by atoms with Crippen molar-refractivity contribution in [2.45, 2.75) is 0 Å². The number of hydrogen-bond donors (Lipinski definition) is 4. The van der Waals surface area contributed by atoms with Gasteiger partial charge in [0.2, 0.25) is 0 Å². The van der Waals surface area contributed by atoms with Gasteiger partial charge >= 0.3 is 21.0 Å². The molecule has 2 aromatic carbocycles. The summed E-state index contributed by atoms with van der Waals surface area (Å²) in [5, 5.41) is 1.45. The van der Waals surface area contributed by atoms with E-state index in [1.807, 2.05) is 0 Å². The fourth-order valence-corrected chi connectivity index (χ4v) is 2.20. The molecule has 0 aliphatic carbocycles. The van der Waals surface area contributed by atoms with Crippen LogP contribution in [0.15, 0.2) is 68.5 Å². The summed E-state index contributed by atoms with van der Waals surface area (Å²) in [7, 11) is 0. The Hall–Kier alpha value is -2.28. The van der Waals surface area contributed by atoms with Gasteiger partial charge in [-0.05, 0) is 48.5 Å². The second-order valence-corrected chi connectivity index (χ2v) is 6.42. The van der Waals surface area contributed by atoms with Gasteiger partial charge < -0.3 is 48.2 Å². The zero-order valence-electron chi connectivity index (χ0n) is 15.1. The number of nitrogens with two attached hydrogens (primary N) is 4. The van der Waals surface area contributed by atoms with Crippen LogP contribution in [0.2, 0.25) is 10.0 Å². The summed E-state index contributed by atoms with van der Waals surface area (Å²) in [5.41, 5.74) is 21.8. The van der Waals surface area contributed by atoms with Crippen molar-refractivity contribution >= 4 is 82.1 Å². The van der Waals surface area contributed by atoms with Crippen LogP contribution in [0.4, 0.5) is 11.4 Å². The molecule has 2 aromatic rings. The van der Waals surface area contributed by atoms with E-state index in [9.17, 15) is 0 Å². The molecular formula is C16H16Cl2N8OS2V. The monoisotopic (exact) mass is 521 g/mol. The Balaban J connectivity index is 0.000000518. The van der Waals surface area contributed by atoms with Gasteiger partial charge in [-0.1, -0.05) is 23.2 Å². The van der Waals surface area contributed by atoms with E-state index in [0.29, 0.717) is 21.4 Å². The average Bonchev–Trinajstić information content (AvgIpc) is 2.66. The molecule has 0 atom stereocenters. The second-order valence-electron chi connectivity index (χ2n) is 4.81. The van der Waals surface area contributed by atoms with Crippen LogP contribution in [0.25, 0.3) is 0 Å². The zero-order valence-corrected chi connectivity index (χ0v) is 19.7. The normalized spacial score (nSPS) is 10.5. The standard InChI is InChI=1S/2C8H9ClN4S.O.V/c2*9-5-1-3-6(4-2-5)12-8(14)13-7(10)11;;/h2*1-4H,(H5,10,11,12,13,14);;/q;;;+2/p-2. The van der Waals surface area contributed by atoms with Crippen molar-refractivity contribution < 1.29 is 21.0 Å². The molecule has 0 amide bonds. The second kappa shape index (κ2) is 15.5. The van der Waals surface area contributed by atoms with E-state index in [1.165, 1.54) is 0 Å². The summed E-state index contributed by atoms with van der Waals surface area (Å²) >= 11 is 22.0. The Bertz CT molecular complexity index is 838. The first kappa shape index (κ1) is 27.7. The predicted octanol–water partition coefficient (Wildman–Crippen LogP) is 2.17. The van der Waals surface area contributed by atoms with Gasteiger partial charge in [-0.15, -0.1) is 0 Å². The van der Waals surface area contributed by atoms with Crippen LogP contribution in [0, 0.1) is 0 Å². The number of rotatable bonds is 2. The number of amidine groups is 2. The molecule has 0 bridgehead atoms. The van der Waals surface area contributed by atoms with Gasteiger partial charge in [0, 0.05) is 20.4 Å². The van der Waals surface area contributed by atoms with Crippen molar-refractivity contribution in [1.29, 1.82) is 0 Å². The number of aliphatic imine (C=N–C) groups is 4. The third kappa shape index (κ3) is 13.8. The summed E-state index contributed by atoms with van der Waals surface area (Å²) < 4.78 is 8.19. The topological polar surface area (TPSA) is 171 Å². The molecule has 0 saturated heterocycles. The SMILES string of the molecule is NC(N)=NC([S-])=Nc1ccc(Cl)cc1.NC(N)=NC([S-])=Nc1ccc(Cl)cc1.[O]=[V+2]. The number of guanidine groups is 2. The summed E-state index contributed by atoms with van der Waals surface area (Å²) in [4.78, 5) is 15.1. The molecule has 0 fully saturated rings. The first-order valence-corrected chi connectivity index (χ1v) is 9.70. The van der Waals surface area contributed by atoms with Crippen LogP contribution < -0.4 is 22.9 Å². The van der Waals surface area contributed by atoms with Crippen molar-refractivity contribution in [3.8, 4) is 0 Å². The number of benzene rings is 2. The molecule has 2 rings (SSSR count). The molecule has 157 valence electrons. The predicted molar refractivity (Wildman–Crippen MR) is 124 cm³/mol. The molecule has 0 heterocycles. The minimum absolute atomic E-state index is 0.0901. The zero-order chi connectivity index (χ0) is 23.1. The molecule has 0 saturated carbocycles. The molecule has 0 aliphatic rings. The molecular weight excluding hydrogens is 506 g/mol. The van der Waals surface area contributed by atoms with E-state index in [0.717, 1.165) is 17.4 Å². The van der Waals surface area contributed by atoms with Crippen molar-refractivity contribution in [2.75, 3.05) is 0 Å². The summed E-state index contributed by atoms with van der Waals surface area (Å²) in [6.45, 7) is 0. The molecule has 0 aliphatic heterocycles. The number of halogens is 2. The Labute approximate surface area is 203 Å². The maximum absolute atomic E-state index is 8.19. The van der Waals surface area contributed by atoms with Gasteiger partial charge in [0.25, 0.3) is 0 Å². The molecule has 0 unspecified atom stereocenters. The molecule has 0 radical (unpaired) electrons. The molecule has 8 N–H and O–H groups in total. The number of nitrogens with zero attached hydrogens (tertiary/aromatic N) is 4. The van der Waals surface area contributed by atoms with Crippen molar-refractivity contribution in [3.63, 3.8) is 0 Å². The Kier molecular flexibility index (Phi) is 14.4. The summed E-state index contributed by atoms with van der Waals surface area (Å²) in [6, 6.07) is 13.7. The van der Waals surface area contributed by atoms with E-state index < -0.39 is 0 Å². The number of hydrogen-bond acceptors (Lipinski definition) is 5. The van der Waals surface area contributed by atoms with Crippen LogP contribution in [0.5, 0.6) is 0 Å². The first-order chi connectivity index (χ1) is 14.2. The van der Waals surface area contributed by atoms with Gasteiger partial charge in [-0.25, -0.2) is 9.98 Å². The van der Waals surface area contributed by atoms with Crippen molar-refractivity contribution in [1.82, 2.24) is 0 Å². The molecule has 0 aromatic heterocycles. The third-order valence-electron chi connectivity index (χ3n) is 2.55.